The Bertz CT molecular complexity index is 576. The molecule has 1 aromatic carbocycles. The molecular formula is C14H18N4O6. The van der Waals surface area contributed by atoms with E-state index in [2.05, 4.69) is 10.6 Å². The maximum Gasteiger partial charge on any atom is 0.323 e. The molecule has 0 saturated carbocycles. The van der Waals surface area contributed by atoms with E-state index < -0.39 is 37.1 Å². The molecule has 0 saturated heterocycles. The zero-order chi connectivity index (χ0) is 18.3. The SMILES string of the molecule is CN(CC(=O)O)C(=O)Nc1ccc(NC(=O)N(C)CC(=O)O)cc1. The summed E-state index contributed by atoms with van der Waals surface area (Å²) in [5.74, 6) is -2.26. The summed E-state index contributed by atoms with van der Waals surface area (Å²) in [6.45, 7) is -0.869. The Morgan fingerprint density at radius 1 is 0.792 bits per heavy atom. The number of carboxylic acids is 2. The van der Waals surface area contributed by atoms with Gasteiger partial charge in [0.05, 0.1) is 0 Å². The number of carboxylic acid groups (broad SMARTS) is 2. The first-order valence-electron chi connectivity index (χ1n) is 6.77. The van der Waals surface area contributed by atoms with Crippen molar-refractivity contribution in [2.45, 2.75) is 0 Å². The van der Waals surface area contributed by atoms with Crippen molar-refractivity contribution in [3.63, 3.8) is 0 Å². The first-order chi connectivity index (χ1) is 11.2. The lowest BCUT2D eigenvalue weighted by atomic mass is 10.3. The molecule has 0 heterocycles. The van der Waals surface area contributed by atoms with E-state index in [0.29, 0.717) is 11.4 Å². The third-order valence-electron chi connectivity index (χ3n) is 2.83. The van der Waals surface area contributed by atoms with Crippen LogP contribution in [0.25, 0.3) is 0 Å². The van der Waals surface area contributed by atoms with Crippen LogP contribution in [0.3, 0.4) is 0 Å². The fraction of sp³-hybridized carbons (Fsp3) is 0.286. The topological polar surface area (TPSA) is 139 Å². The fourth-order valence-electron chi connectivity index (χ4n) is 1.62. The van der Waals surface area contributed by atoms with Gasteiger partial charge < -0.3 is 30.6 Å². The van der Waals surface area contributed by atoms with Crippen molar-refractivity contribution in [3.05, 3.63) is 24.3 Å². The van der Waals surface area contributed by atoms with Crippen molar-refractivity contribution in [1.82, 2.24) is 9.80 Å². The summed E-state index contributed by atoms with van der Waals surface area (Å²) >= 11 is 0. The number of amides is 4. The molecular weight excluding hydrogens is 320 g/mol. The maximum atomic E-state index is 11.7. The maximum absolute atomic E-state index is 11.7. The van der Waals surface area contributed by atoms with E-state index in [4.69, 9.17) is 10.2 Å². The minimum atomic E-state index is -1.13. The van der Waals surface area contributed by atoms with E-state index in [1.165, 1.54) is 38.4 Å². The number of hydrogen-bond acceptors (Lipinski definition) is 4. The average Bonchev–Trinajstić information content (AvgIpc) is 2.47. The van der Waals surface area contributed by atoms with E-state index in [9.17, 15) is 19.2 Å². The van der Waals surface area contributed by atoms with Gasteiger partial charge in [-0.2, -0.15) is 0 Å². The molecule has 10 heteroatoms. The zero-order valence-electron chi connectivity index (χ0n) is 13.1. The molecule has 0 unspecified atom stereocenters. The first kappa shape index (κ1) is 18.7. The first-order valence-corrected chi connectivity index (χ1v) is 6.77. The Labute approximate surface area is 137 Å². The molecule has 1 aromatic rings. The Balaban J connectivity index is 2.59. The number of carbonyl (C=O) groups is 4. The van der Waals surface area contributed by atoms with Crippen LogP contribution >= 0.6 is 0 Å². The van der Waals surface area contributed by atoms with Gasteiger partial charge >= 0.3 is 24.0 Å². The van der Waals surface area contributed by atoms with Crippen molar-refractivity contribution in [3.8, 4) is 0 Å². The predicted octanol–water partition coefficient (Wildman–Crippen LogP) is 0.783. The molecule has 0 fully saturated rings. The standard InChI is InChI=1S/C14H18N4O6/c1-17(7-11(19)20)13(23)15-9-3-5-10(6-4-9)16-14(24)18(2)8-12(21)22/h3-6H,7-8H2,1-2H3,(H,15,23)(H,16,24)(H,19,20)(H,21,22). The number of likely N-dealkylation sites (N-methyl/N-ethyl adjacent to an activating group) is 2. The van der Waals surface area contributed by atoms with Gasteiger partial charge in [0.2, 0.25) is 0 Å². The van der Waals surface area contributed by atoms with Crippen LogP contribution in [0.2, 0.25) is 0 Å². The zero-order valence-corrected chi connectivity index (χ0v) is 13.1. The van der Waals surface area contributed by atoms with Gasteiger partial charge in [-0.3, -0.25) is 9.59 Å². The number of aliphatic carboxylic acids is 2. The lowest BCUT2D eigenvalue weighted by Gasteiger charge is -2.17. The summed E-state index contributed by atoms with van der Waals surface area (Å²) in [7, 11) is 2.69. The number of hydrogen-bond donors (Lipinski definition) is 4. The number of nitrogens with one attached hydrogen (secondary N) is 2. The molecule has 10 nitrogen and oxygen atoms in total. The van der Waals surface area contributed by atoms with Gasteiger partial charge in [-0.1, -0.05) is 0 Å². The normalized spacial score (nSPS) is 9.75. The molecule has 0 aliphatic carbocycles. The highest BCUT2D eigenvalue weighted by Crippen LogP contribution is 2.14. The molecule has 0 aliphatic rings. The molecule has 0 aliphatic heterocycles. The highest BCUT2D eigenvalue weighted by Gasteiger charge is 2.13. The van der Waals surface area contributed by atoms with Crippen LogP contribution in [0, 0.1) is 0 Å². The Morgan fingerprint density at radius 3 is 1.33 bits per heavy atom. The van der Waals surface area contributed by atoms with E-state index in [1.54, 1.807) is 0 Å². The molecule has 0 radical (unpaired) electrons. The van der Waals surface area contributed by atoms with Gasteiger partial charge in [-0.25, -0.2) is 9.59 Å². The third kappa shape index (κ3) is 6.22. The van der Waals surface area contributed by atoms with Gasteiger partial charge in [-0.05, 0) is 24.3 Å². The summed E-state index contributed by atoms with van der Waals surface area (Å²) in [6, 6.07) is 4.88. The van der Waals surface area contributed by atoms with Crippen molar-refractivity contribution in [1.29, 1.82) is 0 Å². The molecule has 1 rings (SSSR count). The molecule has 0 bridgehead atoms. The van der Waals surface area contributed by atoms with Crippen molar-refractivity contribution in [2.75, 3.05) is 37.8 Å². The van der Waals surface area contributed by atoms with Crippen molar-refractivity contribution < 1.29 is 29.4 Å². The quantitative estimate of drug-likeness (QED) is 0.604. The minimum Gasteiger partial charge on any atom is -0.480 e. The van der Waals surface area contributed by atoms with E-state index >= 15 is 0 Å². The molecule has 24 heavy (non-hydrogen) atoms. The summed E-state index contributed by atoms with van der Waals surface area (Å²) in [6.07, 6.45) is 0. The van der Waals surface area contributed by atoms with Crippen LogP contribution < -0.4 is 10.6 Å². The highest BCUT2D eigenvalue weighted by atomic mass is 16.4. The van der Waals surface area contributed by atoms with Gasteiger partial charge in [0.25, 0.3) is 0 Å². The number of carbonyl (C=O) groups excluding carboxylic acids is 2. The largest absolute Gasteiger partial charge is 0.480 e. The van der Waals surface area contributed by atoms with Crippen LogP contribution in [0.1, 0.15) is 0 Å². The molecule has 4 N–H and O–H groups in total. The molecule has 130 valence electrons. The van der Waals surface area contributed by atoms with Crippen LogP contribution in [0.5, 0.6) is 0 Å². The van der Waals surface area contributed by atoms with Crippen molar-refractivity contribution >= 4 is 35.4 Å². The Hall–Kier alpha value is -3.30. The van der Waals surface area contributed by atoms with Gasteiger partial charge in [0.15, 0.2) is 0 Å². The lowest BCUT2D eigenvalue weighted by Crippen LogP contribution is -2.35. The van der Waals surface area contributed by atoms with Crippen LogP contribution in [-0.4, -0.2) is 71.2 Å². The summed E-state index contributed by atoms with van der Waals surface area (Å²) < 4.78 is 0. The van der Waals surface area contributed by atoms with Gasteiger partial charge in [0, 0.05) is 25.5 Å². The number of rotatable bonds is 6. The summed E-state index contributed by atoms with van der Waals surface area (Å²) in [5, 5.41) is 22.2. The predicted molar refractivity (Wildman–Crippen MR) is 85.0 cm³/mol. The number of nitrogens with zero attached hydrogens (tertiary/aromatic N) is 2. The second kappa shape index (κ2) is 8.36. The summed E-state index contributed by atoms with van der Waals surface area (Å²) in [5.41, 5.74) is 0.822. The molecule has 0 aromatic heterocycles. The number of anilines is 2. The lowest BCUT2D eigenvalue weighted by molar-refractivity contribution is -0.138. The Kier molecular flexibility index (Phi) is 6.53. The minimum absolute atomic E-state index is 0.411. The molecule has 0 atom stereocenters. The number of benzene rings is 1. The van der Waals surface area contributed by atoms with Crippen LogP contribution in [-0.2, 0) is 9.59 Å². The van der Waals surface area contributed by atoms with Crippen LogP contribution in [0.15, 0.2) is 24.3 Å². The fourth-order valence-corrected chi connectivity index (χ4v) is 1.62. The molecule has 4 amide bonds. The molecule has 0 spiro atoms. The van der Waals surface area contributed by atoms with E-state index in [1.807, 2.05) is 0 Å². The van der Waals surface area contributed by atoms with Gasteiger partial charge in [0.1, 0.15) is 13.1 Å². The average molecular weight is 338 g/mol. The van der Waals surface area contributed by atoms with Crippen LogP contribution in [0.4, 0.5) is 21.0 Å². The van der Waals surface area contributed by atoms with Gasteiger partial charge in [-0.15, -0.1) is 0 Å². The van der Waals surface area contributed by atoms with Crippen molar-refractivity contribution in [2.24, 2.45) is 0 Å². The monoisotopic (exact) mass is 338 g/mol. The second-order valence-corrected chi connectivity index (χ2v) is 4.94. The number of urea groups is 2. The highest BCUT2D eigenvalue weighted by molar-refractivity contribution is 5.93. The third-order valence-corrected chi connectivity index (χ3v) is 2.83. The smallest absolute Gasteiger partial charge is 0.323 e. The van der Waals surface area contributed by atoms with E-state index in [-0.39, 0.29) is 0 Å². The Morgan fingerprint density at radius 2 is 1.08 bits per heavy atom. The second-order valence-electron chi connectivity index (χ2n) is 4.94. The van der Waals surface area contributed by atoms with E-state index in [0.717, 1.165) is 9.80 Å². The summed E-state index contributed by atoms with van der Waals surface area (Å²) in [4.78, 5) is 46.5.